The van der Waals surface area contributed by atoms with Crippen molar-refractivity contribution in [1.29, 1.82) is 0 Å². The molecule has 2 nitrogen and oxygen atoms in total. The van der Waals surface area contributed by atoms with E-state index in [9.17, 15) is 0 Å². The monoisotopic (exact) mass is 331 g/mol. The lowest BCUT2D eigenvalue weighted by molar-refractivity contribution is 0.407. The van der Waals surface area contributed by atoms with Crippen molar-refractivity contribution in [2.75, 3.05) is 19.9 Å². The number of ether oxygens (including phenoxy) is 1. The van der Waals surface area contributed by atoms with Gasteiger partial charge in [0.05, 0.1) is 7.11 Å². The lowest BCUT2D eigenvalue weighted by atomic mass is 10.1. The summed E-state index contributed by atoms with van der Waals surface area (Å²) in [6.07, 6.45) is 0.985. The Balaban J connectivity index is 2.71. The van der Waals surface area contributed by atoms with Gasteiger partial charge in [-0.2, -0.15) is 11.8 Å². The van der Waals surface area contributed by atoms with E-state index in [0.29, 0.717) is 11.3 Å². The van der Waals surface area contributed by atoms with Gasteiger partial charge in [-0.25, -0.2) is 0 Å². The van der Waals surface area contributed by atoms with E-state index in [1.165, 1.54) is 5.56 Å². The Labute approximate surface area is 123 Å². The Morgan fingerprint density at radius 1 is 1.39 bits per heavy atom. The van der Waals surface area contributed by atoms with Gasteiger partial charge < -0.3 is 10.1 Å². The first-order valence-corrected chi connectivity index (χ1v) is 8.02. The molecule has 4 heteroatoms. The fourth-order valence-corrected chi connectivity index (χ4v) is 3.04. The van der Waals surface area contributed by atoms with Gasteiger partial charge in [-0.1, -0.05) is 29.8 Å². The largest absolute Gasteiger partial charge is 0.496 e. The molecule has 0 saturated heterocycles. The molecular formula is C14H22BrNOS. The third-order valence-corrected chi connectivity index (χ3v) is 4.50. The van der Waals surface area contributed by atoms with Gasteiger partial charge in [0.1, 0.15) is 5.75 Å². The molecule has 0 fully saturated rings. The molecule has 0 spiro atoms. The van der Waals surface area contributed by atoms with Gasteiger partial charge >= 0.3 is 0 Å². The third-order valence-electron chi connectivity index (χ3n) is 2.75. The minimum Gasteiger partial charge on any atom is -0.496 e. The van der Waals surface area contributed by atoms with Crippen LogP contribution in [0.15, 0.2) is 22.7 Å². The van der Waals surface area contributed by atoms with Gasteiger partial charge in [-0.05, 0) is 42.5 Å². The Morgan fingerprint density at radius 2 is 2.11 bits per heavy atom. The maximum Gasteiger partial charge on any atom is 0.122 e. The number of rotatable bonds is 7. The molecule has 0 aliphatic heterocycles. The van der Waals surface area contributed by atoms with E-state index < -0.39 is 0 Å². The molecule has 1 atom stereocenters. The van der Waals surface area contributed by atoms with E-state index in [1.807, 2.05) is 30.9 Å². The highest BCUT2D eigenvalue weighted by Crippen LogP contribution is 2.25. The van der Waals surface area contributed by atoms with E-state index in [-0.39, 0.29) is 0 Å². The summed E-state index contributed by atoms with van der Waals surface area (Å²) in [6.45, 7) is 4.47. The first kappa shape index (κ1) is 15.9. The highest BCUT2D eigenvalue weighted by Gasteiger charge is 2.12. The summed E-state index contributed by atoms with van der Waals surface area (Å²) in [4.78, 5) is 0. The van der Waals surface area contributed by atoms with Crippen LogP contribution in [0.1, 0.15) is 19.4 Å². The number of thioether (sulfide) groups is 1. The molecule has 0 heterocycles. The number of benzene rings is 1. The summed E-state index contributed by atoms with van der Waals surface area (Å²) in [5, 5.41) is 4.06. The highest BCUT2D eigenvalue weighted by atomic mass is 79.9. The van der Waals surface area contributed by atoms with E-state index in [4.69, 9.17) is 4.74 Å². The van der Waals surface area contributed by atoms with Crippen LogP contribution >= 0.6 is 27.7 Å². The fraction of sp³-hybridized carbons (Fsp3) is 0.571. The van der Waals surface area contributed by atoms with Crippen LogP contribution in [0.25, 0.3) is 0 Å². The molecule has 0 amide bonds. The van der Waals surface area contributed by atoms with Crippen molar-refractivity contribution in [3.05, 3.63) is 28.2 Å². The molecule has 18 heavy (non-hydrogen) atoms. The quantitative estimate of drug-likeness (QED) is 0.822. The number of likely N-dealkylation sites (N-methyl/N-ethyl adjacent to an activating group) is 1. The van der Waals surface area contributed by atoms with Crippen molar-refractivity contribution >= 4 is 27.7 Å². The van der Waals surface area contributed by atoms with E-state index in [0.717, 1.165) is 22.4 Å². The van der Waals surface area contributed by atoms with Gasteiger partial charge in [-0.3, -0.25) is 0 Å². The first-order valence-electron chi connectivity index (χ1n) is 6.18. The van der Waals surface area contributed by atoms with E-state index in [2.05, 4.69) is 41.2 Å². The lowest BCUT2D eigenvalue weighted by Gasteiger charge is -2.19. The average Bonchev–Trinajstić information content (AvgIpc) is 2.34. The van der Waals surface area contributed by atoms with Crippen LogP contribution in [0, 0.1) is 0 Å². The molecule has 1 aromatic carbocycles. The van der Waals surface area contributed by atoms with Crippen LogP contribution in [-0.4, -0.2) is 31.2 Å². The van der Waals surface area contributed by atoms with Crippen LogP contribution in [0.3, 0.4) is 0 Å². The minimum absolute atomic E-state index is 0.473. The zero-order valence-corrected chi connectivity index (χ0v) is 13.9. The molecule has 1 unspecified atom stereocenters. The Morgan fingerprint density at radius 3 is 2.67 bits per heavy atom. The normalized spacial score (nSPS) is 12.8. The Kier molecular flexibility index (Phi) is 7.12. The summed E-state index contributed by atoms with van der Waals surface area (Å²) in [5.74, 6) is 2.08. The molecule has 102 valence electrons. The van der Waals surface area contributed by atoms with Gasteiger partial charge in [0.2, 0.25) is 0 Å². The molecule has 0 radical (unpaired) electrons. The summed E-state index contributed by atoms with van der Waals surface area (Å²) in [7, 11) is 3.75. The molecule has 1 aromatic rings. The zero-order chi connectivity index (χ0) is 13.5. The van der Waals surface area contributed by atoms with Crippen LogP contribution in [-0.2, 0) is 6.42 Å². The summed E-state index contributed by atoms with van der Waals surface area (Å²) in [5.41, 5.74) is 1.25. The average molecular weight is 332 g/mol. The number of hydrogen-bond donors (Lipinski definition) is 1. The van der Waals surface area contributed by atoms with E-state index >= 15 is 0 Å². The number of methoxy groups -OCH3 is 1. The fourth-order valence-electron chi connectivity index (χ4n) is 1.73. The van der Waals surface area contributed by atoms with Crippen molar-refractivity contribution in [3.63, 3.8) is 0 Å². The van der Waals surface area contributed by atoms with Gasteiger partial charge in [-0.15, -0.1) is 0 Å². The van der Waals surface area contributed by atoms with Crippen LogP contribution in [0.2, 0.25) is 0 Å². The van der Waals surface area contributed by atoms with Crippen molar-refractivity contribution in [1.82, 2.24) is 5.32 Å². The van der Waals surface area contributed by atoms with Gasteiger partial charge in [0, 0.05) is 16.3 Å². The van der Waals surface area contributed by atoms with Crippen LogP contribution in [0.4, 0.5) is 0 Å². The second kappa shape index (κ2) is 8.08. The van der Waals surface area contributed by atoms with Crippen molar-refractivity contribution in [2.24, 2.45) is 0 Å². The SMILES string of the molecule is CNC(CSC(C)C)Cc1cc(Br)ccc1OC. The molecular weight excluding hydrogens is 310 g/mol. The Hall–Kier alpha value is -0.190. The number of nitrogens with one attached hydrogen (secondary N) is 1. The standard InChI is InChI=1S/C14H22BrNOS/c1-10(2)18-9-13(16-3)8-11-7-12(15)5-6-14(11)17-4/h5-7,10,13,16H,8-9H2,1-4H3. The van der Waals surface area contributed by atoms with Crippen LogP contribution < -0.4 is 10.1 Å². The van der Waals surface area contributed by atoms with Crippen molar-refractivity contribution in [2.45, 2.75) is 31.6 Å². The smallest absolute Gasteiger partial charge is 0.122 e. The maximum atomic E-state index is 5.42. The molecule has 1 N–H and O–H groups in total. The first-order chi connectivity index (χ1) is 8.56. The minimum atomic E-state index is 0.473. The summed E-state index contributed by atoms with van der Waals surface area (Å²) < 4.78 is 6.52. The number of hydrogen-bond acceptors (Lipinski definition) is 3. The topological polar surface area (TPSA) is 21.3 Å². The Bertz CT molecular complexity index is 371. The van der Waals surface area contributed by atoms with Crippen molar-refractivity contribution < 1.29 is 4.74 Å². The summed E-state index contributed by atoms with van der Waals surface area (Å²) >= 11 is 5.50. The molecule has 0 aromatic heterocycles. The van der Waals surface area contributed by atoms with Crippen molar-refractivity contribution in [3.8, 4) is 5.75 Å². The predicted molar refractivity (Wildman–Crippen MR) is 84.8 cm³/mol. The van der Waals surface area contributed by atoms with Gasteiger partial charge in [0.15, 0.2) is 0 Å². The molecule has 0 aliphatic rings. The zero-order valence-electron chi connectivity index (χ0n) is 11.5. The molecule has 0 bridgehead atoms. The molecule has 0 saturated carbocycles. The molecule has 1 rings (SSSR count). The second-order valence-corrected chi connectivity index (χ2v) is 7.05. The highest BCUT2D eigenvalue weighted by molar-refractivity contribution is 9.10. The second-order valence-electron chi connectivity index (χ2n) is 4.53. The lowest BCUT2D eigenvalue weighted by Crippen LogP contribution is -2.30. The maximum absolute atomic E-state index is 5.42. The predicted octanol–water partition coefficient (Wildman–Crippen LogP) is 3.73. The third kappa shape index (κ3) is 5.21. The van der Waals surface area contributed by atoms with Crippen LogP contribution in [0.5, 0.6) is 5.75 Å². The number of halogens is 1. The molecule has 0 aliphatic carbocycles. The van der Waals surface area contributed by atoms with E-state index in [1.54, 1.807) is 7.11 Å². The summed E-state index contributed by atoms with van der Waals surface area (Å²) in [6, 6.07) is 6.64. The van der Waals surface area contributed by atoms with Gasteiger partial charge in [0.25, 0.3) is 0 Å².